The van der Waals surface area contributed by atoms with Gasteiger partial charge in [-0.1, -0.05) is 30.0 Å². The lowest BCUT2D eigenvalue weighted by Crippen LogP contribution is -2.04. The van der Waals surface area contributed by atoms with Gasteiger partial charge in [0.25, 0.3) is 5.22 Å². The molecule has 2 aromatic rings. The lowest BCUT2D eigenvalue weighted by Gasteiger charge is -1.99. The topological polar surface area (TPSA) is 64.9 Å². The van der Waals surface area contributed by atoms with Crippen LogP contribution in [0.3, 0.4) is 0 Å². The SMILES string of the molecule is C[C@H](N)c1nnc(SCc2ccccc2F)o1. The Morgan fingerprint density at radius 1 is 1.41 bits per heavy atom. The summed E-state index contributed by atoms with van der Waals surface area (Å²) in [7, 11) is 0. The molecular weight excluding hydrogens is 241 g/mol. The molecule has 1 atom stereocenters. The molecule has 4 nitrogen and oxygen atoms in total. The van der Waals surface area contributed by atoms with Crippen LogP contribution in [0.1, 0.15) is 24.4 Å². The zero-order valence-corrected chi connectivity index (χ0v) is 10.1. The van der Waals surface area contributed by atoms with Crippen molar-refractivity contribution in [3.05, 3.63) is 41.5 Å². The van der Waals surface area contributed by atoms with E-state index >= 15 is 0 Å². The van der Waals surface area contributed by atoms with Crippen molar-refractivity contribution in [3.8, 4) is 0 Å². The van der Waals surface area contributed by atoms with E-state index in [4.69, 9.17) is 10.2 Å². The third-order valence-corrected chi connectivity index (χ3v) is 2.99. The van der Waals surface area contributed by atoms with E-state index in [-0.39, 0.29) is 11.9 Å². The Balaban J connectivity index is 2.00. The van der Waals surface area contributed by atoms with Crippen molar-refractivity contribution in [1.29, 1.82) is 0 Å². The highest BCUT2D eigenvalue weighted by molar-refractivity contribution is 7.98. The lowest BCUT2D eigenvalue weighted by molar-refractivity contribution is 0.394. The minimum Gasteiger partial charge on any atom is -0.414 e. The first-order chi connectivity index (χ1) is 8.16. The van der Waals surface area contributed by atoms with E-state index < -0.39 is 0 Å². The smallest absolute Gasteiger partial charge is 0.276 e. The monoisotopic (exact) mass is 253 g/mol. The van der Waals surface area contributed by atoms with Gasteiger partial charge >= 0.3 is 0 Å². The van der Waals surface area contributed by atoms with Crippen molar-refractivity contribution in [2.24, 2.45) is 5.73 Å². The molecule has 0 spiro atoms. The van der Waals surface area contributed by atoms with Crippen LogP contribution in [-0.2, 0) is 5.75 Å². The molecule has 6 heteroatoms. The van der Waals surface area contributed by atoms with Gasteiger partial charge in [0.15, 0.2) is 0 Å². The Bertz CT molecular complexity index is 501. The molecule has 1 aromatic carbocycles. The standard InChI is InChI=1S/C11H12FN3OS/c1-7(13)10-14-15-11(16-10)17-6-8-4-2-3-5-9(8)12/h2-5,7H,6,13H2,1H3/t7-/m0/s1. The molecule has 0 amide bonds. The Kier molecular flexibility index (Phi) is 3.75. The van der Waals surface area contributed by atoms with Gasteiger partial charge in [-0.15, -0.1) is 10.2 Å². The van der Waals surface area contributed by atoms with Crippen LogP contribution in [0.5, 0.6) is 0 Å². The molecular formula is C11H12FN3OS. The van der Waals surface area contributed by atoms with Crippen LogP contribution >= 0.6 is 11.8 Å². The van der Waals surface area contributed by atoms with Crippen molar-refractivity contribution in [1.82, 2.24) is 10.2 Å². The van der Waals surface area contributed by atoms with Crippen LogP contribution in [-0.4, -0.2) is 10.2 Å². The predicted molar refractivity (Wildman–Crippen MR) is 62.9 cm³/mol. The largest absolute Gasteiger partial charge is 0.414 e. The summed E-state index contributed by atoms with van der Waals surface area (Å²) in [5, 5.41) is 8.02. The van der Waals surface area contributed by atoms with Crippen molar-refractivity contribution in [2.45, 2.75) is 23.9 Å². The minimum atomic E-state index is -0.287. The van der Waals surface area contributed by atoms with Crippen LogP contribution in [0.15, 0.2) is 33.9 Å². The zero-order chi connectivity index (χ0) is 12.3. The summed E-state index contributed by atoms with van der Waals surface area (Å²) in [5.74, 6) is 0.612. The van der Waals surface area contributed by atoms with E-state index in [1.54, 1.807) is 25.1 Å². The quantitative estimate of drug-likeness (QED) is 0.848. The summed E-state index contributed by atoms with van der Waals surface area (Å²) in [5.41, 5.74) is 6.20. The Morgan fingerprint density at radius 3 is 2.82 bits per heavy atom. The predicted octanol–water partition coefficient (Wildman–Crippen LogP) is 2.52. The summed E-state index contributed by atoms with van der Waals surface area (Å²) in [6.07, 6.45) is 0. The summed E-state index contributed by atoms with van der Waals surface area (Å²) < 4.78 is 18.6. The summed E-state index contributed by atoms with van der Waals surface area (Å²) >= 11 is 1.29. The molecule has 0 aliphatic heterocycles. The van der Waals surface area contributed by atoms with E-state index in [0.717, 1.165) is 0 Å². The third kappa shape index (κ3) is 3.04. The normalized spacial score (nSPS) is 12.6. The van der Waals surface area contributed by atoms with Gasteiger partial charge in [-0.05, 0) is 18.6 Å². The number of thioether (sulfide) groups is 1. The molecule has 1 aromatic heterocycles. The fourth-order valence-corrected chi connectivity index (χ4v) is 1.97. The van der Waals surface area contributed by atoms with E-state index in [1.807, 2.05) is 0 Å². The van der Waals surface area contributed by atoms with Gasteiger partial charge in [-0.25, -0.2) is 4.39 Å². The Morgan fingerprint density at radius 2 is 2.18 bits per heavy atom. The highest BCUT2D eigenvalue weighted by Gasteiger charge is 2.11. The zero-order valence-electron chi connectivity index (χ0n) is 9.26. The number of rotatable bonds is 4. The maximum atomic E-state index is 13.3. The molecule has 1 heterocycles. The molecule has 0 fully saturated rings. The highest BCUT2D eigenvalue weighted by atomic mass is 32.2. The Hall–Kier alpha value is -1.40. The second-order valence-corrected chi connectivity index (χ2v) is 4.50. The van der Waals surface area contributed by atoms with Crippen LogP contribution < -0.4 is 5.73 Å². The van der Waals surface area contributed by atoms with Crippen molar-refractivity contribution >= 4 is 11.8 Å². The Labute approximate surface area is 102 Å². The van der Waals surface area contributed by atoms with Crippen LogP contribution in [0.4, 0.5) is 4.39 Å². The van der Waals surface area contributed by atoms with Crippen molar-refractivity contribution < 1.29 is 8.81 Å². The van der Waals surface area contributed by atoms with Crippen molar-refractivity contribution in [3.63, 3.8) is 0 Å². The first-order valence-electron chi connectivity index (χ1n) is 5.12. The fraction of sp³-hybridized carbons (Fsp3) is 0.273. The van der Waals surface area contributed by atoms with E-state index in [9.17, 15) is 4.39 Å². The van der Waals surface area contributed by atoms with Crippen molar-refractivity contribution in [2.75, 3.05) is 0 Å². The number of hydrogen-bond donors (Lipinski definition) is 1. The molecule has 0 radical (unpaired) electrons. The average molecular weight is 253 g/mol. The molecule has 0 bridgehead atoms. The molecule has 0 aliphatic carbocycles. The maximum absolute atomic E-state index is 13.3. The summed E-state index contributed by atoms with van der Waals surface area (Å²) in [4.78, 5) is 0. The van der Waals surface area contributed by atoms with Gasteiger partial charge in [0.2, 0.25) is 5.89 Å². The second-order valence-electron chi connectivity index (χ2n) is 3.57. The molecule has 0 saturated heterocycles. The lowest BCUT2D eigenvalue weighted by atomic mass is 10.2. The van der Waals surface area contributed by atoms with Crippen LogP contribution in [0.25, 0.3) is 0 Å². The van der Waals surface area contributed by atoms with Gasteiger partial charge in [-0.2, -0.15) is 0 Å². The molecule has 2 rings (SSSR count). The second kappa shape index (κ2) is 5.29. The van der Waals surface area contributed by atoms with Gasteiger partial charge in [-0.3, -0.25) is 0 Å². The number of benzene rings is 1. The van der Waals surface area contributed by atoms with Crippen LogP contribution in [0.2, 0.25) is 0 Å². The molecule has 0 unspecified atom stereocenters. The van der Waals surface area contributed by atoms with Crippen LogP contribution in [0, 0.1) is 5.82 Å². The first kappa shape index (κ1) is 12.1. The first-order valence-corrected chi connectivity index (χ1v) is 6.10. The van der Waals surface area contributed by atoms with Gasteiger partial charge in [0.05, 0.1) is 6.04 Å². The maximum Gasteiger partial charge on any atom is 0.276 e. The summed E-state index contributed by atoms with van der Waals surface area (Å²) in [6.45, 7) is 1.76. The number of nitrogens with zero attached hydrogens (tertiary/aromatic N) is 2. The summed E-state index contributed by atoms with van der Waals surface area (Å²) in [6, 6.07) is 6.32. The van der Waals surface area contributed by atoms with Gasteiger partial charge in [0, 0.05) is 5.75 Å². The minimum absolute atomic E-state index is 0.230. The average Bonchev–Trinajstić information content (AvgIpc) is 2.77. The fourth-order valence-electron chi connectivity index (χ4n) is 1.22. The highest BCUT2D eigenvalue weighted by Crippen LogP contribution is 2.23. The van der Waals surface area contributed by atoms with Gasteiger partial charge < -0.3 is 10.2 Å². The molecule has 0 saturated carbocycles. The number of halogens is 1. The third-order valence-electron chi connectivity index (χ3n) is 2.12. The number of nitrogens with two attached hydrogens (primary N) is 1. The number of hydrogen-bond acceptors (Lipinski definition) is 5. The molecule has 17 heavy (non-hydrogen) atoms. The number of aromatic nitrogens is 2. The van der Waals surface area contributed by atoms with E-state index in [0.29, 0.717) is 22.4 Å². The van der Waals surface area contributed by atoms with Gasteiger partial charge in [0.1, 0.15) is 5.82 Å². The molecule has 90 valence electrons. The molecule has 0 aliphatic rings. The molecule has 2 N–H and O–H groups in total. The van der Waals surface area contributed by atoms with E-state index in [2.05, 4.69) is 10.2 Å². The van der Waals surface area contributed by atoms with E-state index in [1.165, 1.54) is 17.8 Å².